The summed E-state index contributed by atoms with van der Waals surface area (Å²) < 4.78 is 19.3. The van der Waals surface area contributed by atoms with Crippen LogP contribution in [0.3, 0.4) is 0 Å². The Kier molecular flexibility index (Phi) is 4.24. The maximum absolute atomic E-state index is 14.2. The van der Waals surface area contributed by atoms with E-state index in [0.717, 1.165) is 0 Å². The Hall–Kier alpha value is -2.08. The summed E-state index contributed by atoms with van der Waals surface area (Å²) in [6.45, 7) is 3.61. The lowest BCUT2D eigenvalue weighted by molar-refractivity contribution is -0.116. The summed E-state index contributed by atoms with van der Waals surface area (Å²) in [4.78, 5) is 11.6. The Morgan fingerprint density at radius 3 is 2.90 bits per heavy atom. The zero-order valence-electron chi connectivity index (χ0n) is 11.4. The first-order chi connectivity index (χ1) is 9.58. The SMILES string of the molecule is CCOC=Cc1cc(CO)c(F)c2c1NC(C)C(=O)N2. The van der Waals surface area contributed by atoms with Gasteiger partial charge in [0.15, 0.2) is 5.82 Å². The third-order valence-electron chi connectivity index (χ3n) is 3.05. The van der Waals surface area contributed by atoms with Crippen molar-refractivity contribution >= 4 is 23.4 Å². The molecule has 0 aromatic heterocycles. The summed E-state index contributed by atoms with van der Waals surface area (Å²) in [6.07, 6.45) is 3.16. The third-order valence-corrected chi connectivity index (χ3v) is 3.05. The topological polar surface area (TPSA) is 70.6 Å². The van der Waals surface area contributed by atoms with Gasteiger partial charge in [0.1, 0.15) is 11.7 Å². The summed E-state index contributed by atoms with van der Waals surface area (Å²) in [5.74, 6) is -0.935. The lowest BCUT2D eigenvalue weighted by Crippen LogP contribution is -2.37. The maximum Gasteiger partial charge on any atom is 0.246 e. The molecule has 0 bridgehead atoms. The Morgan fingerprint density at radius 1 is 1.50 bits per heavy atom. The van der Waals surface area contributed by atoms with E-state index in [2.05, 4.69) is 10.6 Å². The zero-order chi connectivity index (χ0) is 14.7. The second-order valence-electron chi connectivity index (χ2n) is 4.46. The van der Waals surface area contributed by atoms with Gasteiger partial charge in [-0.05, 0) is 26.0 Å². The predicted molar refractivity (Wildman–Crippen MR) is 74.7 cm³/mol. The van der Waals surface area contributed by atoms with Gasteiger partial charge in [-0.2, -0.15) is 0 Å². The van der Waals surface area contributed by atoms with Crippen LogP contribution in [0.1, 0.15) is 25.0 Å². The van der Waals surface area contributed by atoms with Gasteiger partial charge in [0, 0.05) is 11.1 Å². The normalized spacial score (nSPS) is 17.6. The van der Waals surface area contributed by atoms with Crippen molar-refractivity contribution in [2.75, 3.05) is 17.2 Å². The van der Waals surface area contributed by atoms with Crippen LogP contribution in [0.2, 0.25) is 0 Å². The summed E-state index contributed by atoms with van der Waals surface area (Å²) in [6, 6.07) is 1.07. The van der Waals surface area contributed by atoms with E-state index in [-0.39, 0.29) is 17.2 Å². The van der Waals surface area contributed by atoms with Crippen molar-refractivity contribution in [3.05, 3.63) is 29.3 Å². The first-order valence-electron chi connectivity index (χ1n) is 6.40. The number of fused-ring (bicyclic) bond motifs is 1. The number of hydrogen-bond acceptors (Lipinski definition) is 4. The number of ether oxygens (including phenoxy) is 1. The predicted octanol–water partition coefficient (Wildman–Crippen LogP) is 2.08. The van der Waals surface area contributed by atoms with Gasteiger partial charge in [-0.25, -0.2) is 4.39 Å². The number of amides is 1. The van der Waals surface area contributed by atoms with E-state index in [4.69, 9.17) is 4.74 Å². The quantitative estimate of drug-likeness (QED) is 0.738. The second-order valence-corrected chi connectivity index (χ2v) is 4.46. The van der Waals surface area contributed by atoms with E-state index in [1.54, 1.807) is 13.0 Å². The summed E-state index contributed by atoms with van der Waals surface area (Å²) in [7, 11) is 0. The van der Waals surface area contributed by atoms with E-state index in [1.807, 2.05) is 6.92 Å². The highest BCUT2D eigenvalue weighted by Crippen LogP contribution is 2.36. The summed E-state index contributed by atoms with van der Waals surface area (Å²) in [5, 5.41) is 14.7. The Balaban J connectivity index is 2.51. The average Bonchev–Trinajstić information content (AvgIpc) is 2.44. The van der Waals surface area contributed by atoms with E-state index < -0.39 is 18.5 Å². The van der Waals surface area contributed by atoms with E-state index >= 15 is 0 Å². The molecule has 20 heavy (non-hydrogen) atoms. The molecule has 1 amide bonds. The fourth-order valence-electron chi connectivity index (χ4n) is 1.99. The highest BCUT2D eigenvalue weighted by Gasteiger charge is 2.27. The van der Waals surface area contributed by atoms with Crippen LogP contribution < -0.4 is 10.6 Å². The Morgan fingerprint density at radius 2 is 2.25 bits per heavy atom. The zero-order valence-corrected chi connectivity index (χ0v) is 11.4. The van der Waals surface area contributed by atoms with Crippen molar-refractivity contribution < 1.29 is 19.0 Å². The average molecular weight is 280 g/mol. The number of halogens is 1. The molecule has 1 heterocycles. The molecule has 6 heteroatoms. The maximum atomic E-state index is 14.2. The number of anilines is 2. The van der Waals surface area contributed by atoms with Crippen molar-refractivity contribution in [2.24, 2.45) is 0 Å². The van der Waals surface area contributed by atoms with Gasteiger partial charge in [-0.1, -0.05) is 0 Å². The van der Waals surface area contributed by atoms with Crippen molar-refractivity contribution in [1.82, 2.24) is 0 Å². The van der Waals surface area contributed by atoms with Crippen LogP contribution in [0.25, 0.3) is 6.08 Å². The summed E-state index contributed by atoms with van der Waals surface area (Å²) in [5.41, 5.74) is 1.32. The second kappa shape index (κ2) is 5.92. The molecule has 0 aliphatic carbocycles. The van der Waals surface area contributed by atoms with Gasteiger partial charge >= 0.3 is 0 Å². The van der Waals surface area contributed by atoms with Gasteiger partial charge in [0.25, 0.3) is 0 Å². The molecule has 0 fully saturated rings. The Bertz CT molecular complexity index is 558. The van der Waals surface area contributed by atoms with Crippen LogP contribution in [0, 0.1) is 5.82 Å². The molecule has 108 valence electrons. The van der Waals surface area contributed by atoms with Gasteiger partial charge in [-0.3, -0.25) is 4.79 Å². The highest BCUT2D eigenvalue weighted by molar-refractivity contribution is 6.04. The molecule has 3 N–H and O–H groups in total. The fourth-order valence-corrected chi connectivity index (χ4v) is 1.99. The van der Waals surface area contributed by atoms with Crippen LogP contribution in [-0.2, 0) is 16.1 Å². The molecule has 1 unspecified atom stereocenters. The van der Waals surface area contributed by atoms with Crippen molar-refractivity contribution in [3.8, 4) is 0 Å². The number of carbonyl (C=O) groups is 1. The Labute approximate surface area is 116 Å². The van der Waals surface area contributed by atoms with Crippen molar-refractivity contribution in [2.45, 2.75) is 26.5 Å². The number of benzene rings is 1. The molecule has 1 aromatic rings. The van der Waals surface area contributed by atoms with E-state index in [1.165, 1.54) is 12.3 Å². The van der Waals surface area contributed by atoms with Gasteiger partial charge in [-0.15, -0.1) is 0 Å². The number of aliphatic hydroxyl groups is 1. The van der Waals surface area contributed by atoms with Crippen LogP contribution >= 0.6 is 0 Å². The van der Waals surface area contributed by atoms with Crippen molar-refractivity contribution in [3.63, 3.8) is 0 Å². The number of rotatable bonds is 4. The first kappa shape index (κ1) is 14.3. The largest absolute Gasteiger partial charge is 0.501 e. The molecule has 2 rings (SSSR count). The molecular formula is C14H17FN2O3. The van der Waals surface area contributed by atoms with Crippen LogP contribution in [0.15, 0.2) is 12.3 Å². The molecule has 1 aliphatic rings. The first-order valence-corrected chi connectivity index (χ1v) is 6.40. The fraction of sp³-hybridized carbons (Fsp3) is 0.357. The minimum atomic E-state index is -0.621. The molecule has 0 spiro atoms. The number of aliphatic hydroxyl groups excluding tert-OH is 1. The molecule has 0 saturated carbocycles. The van der Waals surface area contributed by atoms with Crippen LogP contribution in [-0.4, -0.2) is 23.7 Å². The number of nitrogens with one attached hydrogen (secondary N) is 2. The molecule has 1 aromatic carbocycles. The highest BCUT2D eigenvalue weighted by atomic mass is 19.1. The van der Waals surface area contributed by atoms with Gasteiger partial charge < -0.3 is 20.5 Å². The van der Waals surface area contributed by atoms with Crippen LogP contribution in [0.4, 0.5) is 15.8 Å². The van der Waals surface area contributed by atoms with Crippen LogP contribution in [0.5, 0.6) is 0 Å². The minimum Gasteiger partial charge on any atom is -0.501 e. The minimum absolute atomic E-state index is 0.0656. The number of carbonyl (C=O) groups excluding carboxylic acids is 1. The molecule has 0 saturated heterocycles. The van der Waals surface area contributed by atoms with E-state index in [9.17, 15) is 14.3 Å². The molecule has 0 radical (unpaired) electrons. The number of hydrogen-bond donors (Lipinski definition) is 3. The standard InChI is InChI=1S/C14H17FN2O3/c1-3-20-5-4-9-6-10(7-18)11(15)13-12(9)16-8(2)14(19)17-13/h4-6,8,16,18H,3,7H2,1-2H3,(H,17,19). The summed E-state index contributed by atoms with van der Waals surface area (Å²) >= 11 is 0. The lowest BCUT2D eigenvalue weighted by Gasteiger charge is -2.27. The third kappa shape index (κ3) is 2.60. The molecule has 1 atom stereocenters. The smallest absolute Gasteiger partial charge is 0.246 e. The van der Waals surface area contributed by atoms with Gasteiger partial charge in [0.2, 0.25) is 5.91 Å². The monoisotopic (exact) mass is 280 g/mol. The lowest BCUT2D eigenvalue weighted by atomic mass is 10.0. The molecule has 5 nitrogen and oxygen atoms in total. The van der Waals surface area contributed by atoms with Crippen molar-refractivity contribution in [1.29, 1.82) is 0 Å². The molecule has 1 aliphatic heterocycles. The van der Waals surface area contributed by atoms with E-state index in [0.29, 0.717) is 17.9 Å². The van der Waals surface area contributed by atoms with Gasteiger partial charge in [0.05, 0.1) is 25.2 Å². The molecular weight excluding hydrogens is 263 g/mol.